The first-order valence-electron chi connectivity index (χ1n) is 37.0. The van der Waals surface area contributed by atoms with Crippen molar-refractivity contribution in [2.45, 2.75) is 309 Å². The molecule has 0 spiro atoms. The van der Waals surface area contributed by atoms with Crippen LogP contribution in [-0.4, -0.2) is 82.3 Å². The SMILES string of the molecule is CC/C=C\C/C=C\C/C=C\C/C=C\C/C=C\C/C=C\C/C=C\CCCCCCCCCCCCCC(=O)OC(COC(=O)CCCCCCCCCCCCCCCCCCC/C=C\C/C=C\C/C=C\C/C=C\C/C=C\CC)COC(OCC[N+](C)(C)C)C(=O)[O-]. The van der Waals surface area contributed by atoms with Crippen molar-refractivity contribution in [2.75, 3.05) is 47.5 Å². The van der Waals surface area contributed by atoms with E-state index in [0.717, 1.165) is 122 Å². The van der Waals surface area contributed by atoms with Gasteiger partial charge in [0.2, 0.25) is 0 Å². The van der Waals surface area contributed by atoms with Crippen LogP contribution in [-0.2, 0) is 33.3 Å². The molecule has 0 rings (SSSR count). The van der Waals surface area contributed by atoms with Crippen molar-refractivity contribution in [3.63, 3.8) is 0 Å². The molecule has 0 aliphatic carbocycles. The second-order valence-corrected chi connectivity index (χ2v) is 25.5. The molecule has 2 unspecified atom stereocenters. The Labute approximate surface area is 560 Å². The van der Waals surface area contributed by atoms with E-state index in [1.165, 1.54) is 141 Å². The van der Waals surface area contributed by atoms with Gasteiger partial charge >= 0.3 is 11.9 Å². The molecular weight excluding hydrogens is 1130 g/mol. The Morgan fingerprint density at radius 3 is 0.879 bits per heavy atom. The van der Waals surface area contributed by atoms with E-state index >= 15 is 0 Å². The average molecular weight is 1260 g/mol. The molecule has 2 atom stereocenters. The van der Waals surface area contributed by atoms with Gasteiger partial charge in [0.15, 0.2) is 12.4 Å². The minimum absolute atomic E-state index is 0.142. The van der Waals surface area contributed by atoms with Crippen molar-refractivity contribution in [2.24, 2.45) is 0 Å². The van der Waals surface area contributed by atoms with Gasteiger partial charge in [0.05, 0.1) is 40.3 Å². The molecule has 0 aromatic heterocycles. The maximum atomic E-state index is 13.0. The highest BCUT2D eigenvalue weighted by atomic mass is 16.7. The molecule has 91 heavy (non-hydrogen) atoms. The predicted molar refractivity (Wildman–Crippen MR) is 389 cm³/mol. The topological polar surface area (TPSA) is 111 Å². The molecule has 0 saturated heterocycles. The number of unbranched alkanes of at least 4 members (excludes halogenated alkanes) is 28. The number of allylic oxidation sites excluding steroid dienone is 24. The van der Waals surface area contributed by atoms with Crippen molar-refractivity contribution >= 4 is 17.9 Å². The molecule has 0 amide bonds. The molecule has 0 radical (unpaired) electrons. The maximum absolute atomic E-state index is 13.0. The van der Waals surface area contributed by atoms with Crippen molar-refractivity contribution < 1.29 is 42.9 Å². The molecular formula is C82H137NO8. The van der Waals surface area contributed by atoms with Crippen LogP contribution in [0.3, 0.4) is 0 Å². The molecule has 0 aliphatic rings. The molecule has 0 aromatic rings. The number of rotatable bonds is 67. The van der Waals surface area contributed by atoms with Crippen molar-refractivity contribution in [1.29, 1.82) is 0 Å². The fourth-order valence-electron chi connectivity index (χ4n) is 10.0. The summed E-state index contributed by atoms with van der Waals surface area (Å²) in [5.41, 5.74) is 0. The normalized spacial score (nSPS) is 13.5. The summed E-state index contributed by atoms with van der Waals surface area (Å²) >= 11 is 0. The van der Waals surface area contributed by atoms with Gasteiger partial charge in [-0.15, -0.1) is 0 Å². The van der Waals surface area contributed by atoms with E-state index in [1.807, 2.05) is 21.1 Å². The molecule has 9 nitrogen and oxygen atoms in total. The molecule has 0 bridgehead atoms. The van der Waals surface area contributed by atoms with Gasteiger partial charge in [-0.3, -0.25) is 9.59 Å². The highest BCUT2D eigenvalue weighted by Crippen LogP contribution is 2.17. The smallest absolute Gasteiger partial charge is 0.306 e. The molecule has 0 heterocycles. The summed E-state index contributed by atoms with van der Waals surface area (Å²) in [6.07, 6.45) is 101. The quantitative estimate of drug-likeness (QED) is 0.0195. The summed E-state index contributed by atoms with van der Waals surface area (Å²) in [5.74, 6) is -2.29. The predicted octanol–water partition coefficient (Wildman–Crippen LogP) is 22.1. The number of quaternary nitrogens is 1. The van der Waals surface area contributed by atoms with Crippen molar-refractivity contribution in [3.8, 4) is 0 Å². The Morgan fingerprint density at radius 1 is 0.330 bits per heavy atom. The lowest BCUT2D eigenvalue weighted by molar-refractivity contribution is -0.870. The Morgan fingerprint density at radius 2 is 0.593 bits per heavy atom. The number of esters is 2. The Balaban J connectivity index is 4.11. The number of carbonyl (C=O) groups excluding carboxylic acids is 3. The second-order valence-electron chi connectivity index (χ2n) is 25.5. The number of hydrogen-bond donors (Lipinski definition) is 0. The monoisotopic (exact) mass is 1260 g/mol. The number of carboxylic acid groups (broad SMARTS) is 1. The first-order chi connectivity index (χ1) is 44.6. The van der Waals surface area contributed by atoms with Gasteiger partial charge in [-0.1, -0.05) is 314 Å². The van der Waals surface area contributed by atoms with Gasteiger partial charge in [-0.05, 0) is 116 Å². The number of ether oxygens (including phenoxy) is 4. The average Bonchev–Trinajstić information content (AvgIpc) is 3.46. The van der Waals surface area contributed by atoms with Crippen LogP contribution >= 0.6 is 0 Å². The molecule has 0 aliphatic heterocycles. The van der Waals surface area contributed by atoms with E-state index in [4.69, 9.17) is 18.9 Å². The first kappa shape index (κ1) is 86.2. The fourth-order valence-corrected chi connectivity index (χ4v) is 10.0. The molecule has 0 fully saturated rings. The number of carboxylic acids is 1. The zero-order chi connectivity index (χ0) is 66.1. The third-order valence-electron chi connectivity index (χ3n) is 15.6. The second kappa shape index (κ2) is 71.0. The van der Waals surface area contributed by atoms with E-state index in [9.17, 15) is 19.5 Å². The Kier molecular flexibility index (Phi) is 67.3. The largest absolute Gasteiger partial charge is 0.545 e. The van der Waals surface area contributed by atoms with E-state index in [-0.39, 0.29) is 38.6 Å². The van der Waals surface area contributed by atoms with Crippen LogP contribution in [0.5, 0.6) is 0 Å². The number of carbonyl (C=O) groups is 3. The lowest BCUT2D eigenvalue weighted by atomic mass is 10.0. The van der Waals surface area contributed by atoms with Gasteiger partial charge in [-0.25, -0.2) is 0 Å². The Bertz CT molecular complexity index is 2010. The van der Waals surface area contributed by atoms with Crippen LogP contribution in [0.2, 0.25) is 0 Å². The van der Waals surface area contributed by atoms with Gasteiger partial charge in [0.1, 0.15) is 13.2 Å². The van der Waals surface area contributed by atoms with E-state index in [0.29, 0.717) is 17.4 Å². The zero-order valence-electron chi connectivity index (χ0n) is 59.2. The van der Waals surface area contributed by atoms with Crippen LogP contribution in [0.4, 0.5) is 0 Å². The lowest BCUT2D eigenvalue weighted by Gasteiger charge is -2.26. The molecule has 518 valence electrons. The van der Waals surface area contributed by atoms with E-state index < -0.39 is 24.3 Å². The van der Waals surface area contributed by atoms with Crippen molar-refractivity contribution in [1.82, 2.24) is 0 Å². The Hall–Kier alpha value is -4.83. The van der Waals surface area contributed by atoms with E-state index in [2.05, 4.69) is 160 Å². The number of nitrogens with zero attached hydrogens (tertiary/aromatic N) is 1. The van der Waals surface area contributed by atoms with Crippen LogP contribution in [0.15, 0.2) is 146 Å². The molecule has 9 heteroatoms. The summed E-state index contributed by atoms with van der Waals surface area (Å²) in [5, 5.41) is 11.8. The minimum atomic E-state index is -1.63. The van der Waals surface area contributed by atoms with Crippen LogP contribution in [0.25, 0.3) is 0 Å². The summed E-state index contributed by atoms with van der Waals surface area (Å²) in [7, 11) is 5.93. The summed E-state index contributed by atoms with van der Waals surface area (Å²) < 4.78 is 22.8. The third-order valence-corrected chi connectivity index (χ3v) is 15.6. The zero-order valence-corrected chi connectivity index (χ0v) is 59.2. The number of likely N-dealkylation sites (N-methyl/N-ethyl adjacent to an activating group) is 1. The van der Waals surface area contributed by atoms with Gasteiger partial charge in [0.25, 0.3) is 0 Å². The summed E-state index contributed by atoms with van der Waals surface area (Å²) in [6, 6.07) is 0. The lowest BCUT2D eigenvalue weighted by Crippen LogP contribution is -2.44. The maximum Gasteiger partial charge on any atom is 0.306 e. The molecule has 0 N–H and O–H groups in total. The summed E-state index contributed by atoms with van der Waals surface area (Å²) in [6.45, 7) is 4.53. The van der Waals surface area contributed by atoms with E-state index in [1.54, 1.807) is 0 Å². The van der Waals surface area contributed by atoms with Crippen molar-refractivity contribution in [3.05, 3.63) is 146 Å². The highest BCUT2D eigenvalue weighted by molar-refractivity contribution is 5.70. The van der Waals surface area contributed by atoms with Crippen LogP contribution in [0, 0.1) is 0 Å². The molecule has 0 aromatic carbocycles. The third kappa shape index (κ3) is 72.5. The standard InChI is InChI=1S/C82H137NO8/c1-6-8-10-12-14-16-18-20-22-24-26-28-30-32-34-36-38-40-42-44-46-48-50-52-54-56-58-60-62-64-66-68-70-72-79(84)89-76-78(77-90-82(81(86)87)88-75-74-83(3,4)5)91-80(85)73-71-69-67-65-63-61-59-57-55-53-51-49-47-45-43-41-39-37-35-33-31-29-27-25-23-21-19-17-15-13-11-9-7-2/h8-11,14-17,20-23,26-29,32-35,39,41,45,47,78,82H,6-7,12-13,18-19,24-25,30-31,36-38,40,42-44,46,48-77H2,1-5H3/b10-8-,11-9-,16-14-,17-15-,22-20-,23-21-,28-26-,29-27-,34-32-,35-33-,41-39-,47-45-. The minimum Gasteiger partial charge on any atom is -0.545 e. The van der Waals surface area contributed by atoms with Gasteiger partial charge < -0.3 is 33.3 Å². The highest BCUT2D eigenvalue weighted by Gasteiger charge is 2.22. The first-order valence-corrected chi connectivity index (χ1v) is 37.0. The number of hydrogen-bond acceptors (Lipinski definition) is 8. The van der Waals surface area contributed by atoms with Crippen LogP contribution in [0.1, 0.15) is 296 Å². The molecule has 0 saturated carbocycles. The van der Waals surface area contributed by atoms with Gasteiger partial charge in [-0.2, -0.15) is 0 Å². The van der Waals surface area contributed by atoms with Gasteiger partial charge in [0, 0.05) is 12.8 Å². The fraction of sp³-hybridized carbons (Fsp3) is 0.671. The summed E-state index contributed by atoms with van der Waals surface area (Å²) in [4.78, 5) is 37.6. The van der Waals surface area contributed by atoms with Crippen LogP contribution < -0.4 is 5.11 Å². The number of aliphatic carboxylic acids is 1.